The van der Waals surface area contributed by atoms with Crippen LogP contribution in [-0.4, -0.2) is 44.8 Å². The highest BCUT2D eigenvalue weighted by molar-refractivity contribution is 6.30. The van der Waals surface area contributed by atoms with Gasteiger partial charge in [-0.1, -0.05) is 37.6 Å². The van der Waals surface area contributed by atoms with Crippen molar-refractivity contribution in [3.8, 4) is 11.5 Å². The molecule has 1 amide bonds. The molecule has 0 unspecified atom stereocenters. The number of nitrogens with one attached hydrogen (secondary N) is 1. The number of carbonyl (C=O) groups excluding carboxylic acids is 2. The normalized spacial score (nSPS) is 16.5. The van der Waals surface area contributed by atoms with Crippen molar-refractivity contribution in [3.63, 3.8) is 0 Å². The molecule has 212 valence electrons. The predicted molar refractivity (Wildman–Crippen MR) is 162 cm³/mol. The van der Waals surface area contributed by atoms with E-state index in [-0.39, 0.29) is 23.7 Å². The van der Waals surface area contributed by atoms with E-state index >= 15 is 0 Å². The highest BCUT2D eigenvalue weighted by Crippen LogP contribution is 2.42. The lowest BCUT2D eigenvalue weighted by molar-refractivity contribution is -0.123. The average molecular weight is 573 g/mol. The van der Waals surface area contributed by atoms with Gasteiger partial charge in [-0.15, -0.1) is 0 Å². The fourth-order valence-corrected chi connectivity index (χ4v) is 5.25. The van der Waals surface area contributed by atoms with Gasteiger partial charge in [-0.05, 0) is 78.1 Å². The Bertz CT molecular complexity index is 1480. The number of amides is 1. The van der Waals surface area contributed by atoms with E-state index < -0.39 is 0 Å². The van der Waals surface area contributed by atoms with Crippen molar-refractivity contribution in [2.45, 2.75) is 26.7 Å². The largest absolute Gasteiger partial charge is 0.497 e. The molecule has 8 nitrogen and oxygen atoms in total. The number of ketones is 1. The number of hydrogen-bond donors (Lipinski definition) is 1. The van der Waals surface area contributed by atoms with E-state index in [1.807, 2.05) is 72.8 Å². The number of rotatable bonds is 8. The molecule has 0 saturated carbocycles. The smallest absolute Gasteiger partial charge is 0.277 e. The number of benzene rings is 3. The van der Waals surface area contributed by atoms with Gasteiger partial charge in [0.2, 0.25) is 0 Å². The summed E-state index contributed by atoms with van der Waals surface area (Å²) >= 11 is 6.16. The lowest BCUT2D eigenvalue weighted by Crippen LogP contribution is -2.48. The zero-order valence-corrected chi connectivity index (χ0v) is 24.1. The molecule has 1 N–H and O–H groups in total. The summed E-state index contributed by atoms with van der Waals surface area (Å²) in [5.41, 5.74) is 7.08. The highest BCUT2D eigenvalue weighted by Gasteiger charge is 2.39. The molecule has 0 spiro atoms. The molecule has 0 radical (unpaired) electrons. The molecule has 41 heavy (non-hydrogen) atoms. The maximum atomic E-state index is 13.2. The predicted octanol–water partition coefficient (Wildman–Crippen LogP) is 5.81. The van der Waals surface area contributed by atoms with Gasteiger partial charge in [0.05, 0.1) is 20.0 Å². The standard InChI is InChI=1S/C32H33ClN4O4/c1-32(2)16-29-28(30(38)17-32)19-36(21-37(29)25-9-7-23(33)8-10-25)24-11-13-26(14-12-24)41-20-31(39)35-34-18-22-5-4-6-27(15-22)40-3/h4-15,18H,16-17,19-21H2,1-3H3,(H,35,39)/b34-18+. The van der Waals surface area contributed by atoms with Crippen LogP contribution in [0.5, 0.6) is 11.5 Å². The van der Waals surface area contributed by atoms with Crippen molar-refractivity contribution >= 4 is 40.9 Å². The number of ether oxygens (including phenoxy) is 2. The zero-order chi connectivity index (χ0) is 29.0. The molecule has 0 saturated heterocycles. The molecule has 1 aliphatic heterocycles. The quantitative estimate of drug-likeness (QED) is 0.271. The van der Waals surface area contributed by atoms with Crippen molar-refractivity contribution in [1.82, 2.24) is 5.43 Å². The molecule has 0 aromatic heterocycles. The van der Waals surface area contributed by atoms with Gasteiger partial charge in [-0.25, -0.2) is 5.43 Å². The maximum Gasteiger partial charge on any atom is 0.277 e. The summed E-state index contributed by atoms with van der Waals surface area (Å²) in [4.78, 5) is 29.8. The first-order valence-electron chi connectivity index (χ1n) is 13.4. The van der Waals surface area contributed by atoms with Gasteiger partial charge < -0.3 is 19.3 Å². The van der Waals surface area contributed by atoms with Crippen LogP contribution in [0.25, 0.3) is 0 Å². The zero-order valence-electron chi connectivity index (χ0n) is 23.4. The maximum absolute atomic E-state index is 13.2. The van der Waals surface area contributed by atoms with E-state index in [9.17, 15) is 9.59 Å². The second-order valence-electron chi connectivity index (χ2n) is 11.0. The first-order chi connectivity index (χ1) is 19.7. The van der Waals surface area contributed by atoms with Gasteiger partial charge in [-0.2, -0.15) is 5.10 Å². The Kier molecular flexibility index (Phi) is 8.31. The minimum atomic E-state index is -0.374. The number of allylic oxidation sites excluding steroid dienone is 1. The molecule has 0 bridgehead atoms. The van der Waals surface area contributed by atoms with Crippen LogP contribution < -0.4 is 24.7 Å². The van der Waals surface area contributed by atoms with Crippen LogP contribution in [0.15, 0.2) is 89.2 Å². The van der Waals surface area contributed by atoms with Crippen LogP contribution in [-0.2, 0) is 9.59 Å². The Hall–Kier alpha value is -4.30. The highest BCUT2D eigenvalue weighted by atomic mass is 35.5. The van der Waals surface area contributed by atoms with E-state index in [1.165, 1.54) is 0 Å². The van der Waals surface area contributed by atoms with Crippen LogP contribution >= 0.6 is 11.6 Å². The Morgan fingerprint density at radius 3 is 2.49 bits per heavy atom. The number of hydrazone groups is 1. The van der Waals surface area contributed by atoms with Crippen LogP contribution in [0.1, 0.15) is 32.3 Å². The summed E-state index contributed by atoms with van der Waals surface area (Å²) < 4.78 is 10.9. The summed E-state index contributed by atoms with van der Waals surface area (Å²) in [7, 11) is 1.59. The second-order valence-corrected chi connectivity index (χ2v) is 11.4. The first kappa shape index (κ1) is 28.2. The summed E-state index contributed by atoms with van der Waals surface area (Å²) in [5.74, 6) is 1.09. The number of Topliss-reactive ketones (excluding diaryl/α,β-unsaturated/α-hetero) is 1. The number of carbonyl (C=O) groups is 2. The molecule has 5 rings (SSSR count). The van der Waals surface area contributed by atoms with E-state index in [2.05, 4.69) is 34.2 Å². The number of nitrogens with zero attached hydrogens (tertiary/aromatic N) is 3. The summed E-state index contributed by atoms with van der Waals surface area (Å²) in [6.07, 6.45) is 2.91. The number of methoxy groups -OCH3 is 1. The van der Waals surface area contributed by atoms with Gasteiger partial charge in [0.15, 0.2) is 12.4 Å². The van der Waals surface area contributed by atoms with Gasteiger partial charge >= 0.3 is 0 Å². The van der Waals surface area contributed by atoms with Crippen molar-refractivity contribution in [1.29, 1.82) is 0 Å². The fourth-order valence-electron chi connectivity index (χ4n) is 5.13. The van der Waals surface area contributed by atoms with Gasteiger partial charge in [-0.3, -0.25) is 9.59 Å². The third-order valence-electron chi connectivity index (χ3n) is 7.16. The second kappa shape index (κ2) is 12.1. The van der Waals surface area contributed by atoms with Crippen LogP contribution in [0, 0.1) is 5.41 Å². The Morgan fingerprint density at radius 2 is 1.76 bits per heavy atom. The lowest BCUT2D eigenvalue weighted by atomic mass is 9.74. The molecule has 9 heteroatoms. The SMILES string of the molecule is COc1cccc(/C=N/NC(=O)COc2ccc(N3CC4=C(CC(C)(C)CC4=O)N(c4ccc(Cl)cc4)C3)cc2)c1. The first-order valence-corrected chi connectivity index (χ1v) is 13.8. The lowest BCUT2D eigenvalue weighted by Gasteiger charge is -2.45. The van der Waals surface area contributed by atoms with E-state index in [1.54, 1.807) is 13.3 Å². The molecular formula is C32H33ClN4O4. The fraction of sp³-hybridized carbons (Fsp3) is 0.281. The number of hydrogen-bond acceptors (Lipinski definition) is 7. The average Bonchev–Trinajstić information content (AvgIpc) is 2.96. The third kappa shape index (κ3) is 6.89. The molecule has 2 aliphatic rings. The molecule has 1 aliphatic carbocycles. The van der Waals surface area contributed by atoms with Gasteiger partial charge in [0, 0.05) is 40.6 Å². The van der Waals surface area contributed by atoms with Crippen molar-refractivity contribution in [2.75, 3.05) is 36.7 Å². The Morgan fingerprint density at radius 1 is 1.02 bits per heavy atom. The molecule has 0 fully saturated rings. The molecule has 0 atom stereocenters. The minimum Gasteiger partial charge on any atom is -0.497 e. The topological polar surface area (TPSA) is 83.5 Å². The third-order valence-corrected chi connectivity index (χ3v) is 7.42. The van der Waals surface area contributed by atoms with Gasteiger partial charge in [0.25, 0.3) is 5.91 Å². The van der Waals surface area contributed by atoms with Crippen LogP contribution in [0.4, 0.5) is 11.4 Å². The molecular weight excluding hydrogens is 540 g/mol. The van der Waals surface area contributed by atoms with E-state index in [0.29, 0.717) is 36.2 Å². The Labute approximate surface area is 245 Å². The summed E-state index contributed by atoms with van der Waals surface area (Å²) in [5, 5.41) is 4.65. The molecule has 1 heterocycles. The van der Waals surface area contributed by atoms with Crippen LogP contribution in [0.3, 0.4) is 0 Å². The number of anilines is 2. The van der Waals surface area contributed by atoms with Crippen LogP contribution in [0.2, 0.25) is 5.02 Å². The van der Waals surface area contributed by atoms with Crippen molar-refractivity contribution in [3.05, 3.63) is 94.7 Å². The molecule has 3 aromatic rings. The van der Waals surface area contributed by atoms with Gasteiger partial charge in [0.1, 0.15) is 11.5 Å². The van der Waals surface area contributed by atoms with Crippen molar-refractivity contribution < 1.29 is 19.1 Å². The summed E-state index contributed by atoms with van der Waals surface area (Å²) in [6, 6.07) is 22.6. The van der Waals surface area contributed by atoms with E-state index in [4.69, 9.17) is 21.1 Å². The minimum absolute atomic E-state index is 0.0888. The summed E-state index contributed by atoms with van der Waals surface area (Å²) in [6.45, 7) is 5.25. The van der Waals surface area contributed by atoms with E-state index in [0.717, 1.165) is 34.6 Å². The molecule has 3 aromatic carbocycles. The Balaban J connectivity index is 1.24. The number of halogens is 1. The van der Waals surface area contributed by atoms with Crippen molar-refractivity contribution in [2.24, 2.45) is 10.5 Å². The monoisotopic (exact) mass is 572 g/mol.